The number of rotatable bonds is 2. The minimum Gasteiger partial charge on any atom is -0.355 e. The van der Waals surface area contributed by atoms with Crippen LogP contribution >= 0.6 is 0 Å². The molecular formula is C8H16N2O. The Labute approximate surface area is 67.8 Å². The highest BCUT2D eigenvalue weighted by Gasteiger charge is 2.13. The van der Waals surface area contributed by atoms with Gasteiger partial charge in [0.15, 0.2) is 0 Å². The maximum absolute atomic E-state index is 10.2. The number of likely N-dealkylation sites (N-methyl/N-ethyl adjacent to an activating group) is 1. The lowest BCUT2D eigenvalue weighted by Gasteiger charge is -2.18. The molecular weight excluding hydrogens is 140 g/mol. The van der Waals surface area contributed by atoms with Crippen LogP contribution in [-0.4, -0.2) is 37.5 Å². The van der Waals surface area contributed by atoms with Crippen LogP contribution in [0.3, 0.4) is 0 Å². The Morgan fingerprint density at radius 3 is 3.09 bits per heavy atom. The predicted molar refractivity (Wildman–Crippen MR) is 44.3 cm³/mol. The summed E-state index contributed by atoms with van der Waals surface area (Å²) in [5.41, 5.74) is 0. The van der Waals surface area contributed by atoms with E-state index < -0.39 is 0 Å². The van der Waals surface area contributed by atoms with Gasteiger partial charge in [-0.15, -0.1) is 0 Å². The van der Waals surface area contributed by atoms with Crippen LogP contribution in [-0.2, 0) is 4.79 Å². The molecule has 1 aliphatic heterocycles. The molecule has 0 saturated carbocycles. The molecule has 0 spiro atoms. The third-order valence-electron chi connectivity index (χ3n) is 2.18. The molecule has 1 fully saturated rings. The number of carbonyl (C=O) groups excluding carboxylic acids is 1. The quantitative estimate of drug-likeness (QED) is 0.580. The molecule has 0 aliphatic carbocycles. The zero-order valence-electron chi connectivity index (χ0n) is 7.05. The van der Waals surface area contributed by atoms with E-state index in [4.69, 9.17) is 0 Å². The van der Waals surface area contributed by atoms with Crippen LogP contribution in [0.1, 0.15) is 19.3 Å². The molecule has 1 rings (SSSR count). The van der Waals surface area contributed by atoms with Gasteiger partial charge in [-0.25, -0.2) is 0 Å². The molecule has 1 saturated heterocycles. The zero-order chi connectivity index (χ0) is 8.10. The van der Waals surface area contributed by atoms with Crippen molar-refractivity contribution in [3.05, 3.63) is 0 Å². The lowest BCUT2D eigenvalue weighted by Crippen LogP contribution is -2.37. The molecule has 11 heavy (non-hydrogen) atoms. The van der Waals surface area contributed by atoms with Gasteiger partial charge < -0.3 is 10.2 Å². The summed E-state index contributed by atoms with van der Waals surface area (Å²) in [6, 6.07) is 0.375. The molecule has 3 heteroatoms. The van der Waals surface area contributed by atoms with Gasteiger partial charge in [0.25, 0.3) is 0 Å². The first-order valence-corrected chi connectivity index (χ1v) is 4.21. The van der Waals surface area contributed by atoms with Crippen LogP contribution in [0, 0.1) is 0 Å². The summed E-state index contributed by atoms with van der Waals surface area (Å²) in [7, 11) is 2.10. The van der Waals surface area contributed by atoms with Gasteiger partial charge in [0.2, 0.25) is 6.41 Å². The van der Waals surface area contributed by atoms with Crippen molar-refractivity contribution < 1.29 is 4.79 Å². The topological polar surface area (TPSA) is 32.3 Å². The summed E-state index contributed by atoms with van der Waals surface area (Å²) in [5.74, 6) is 0. The van der Waals surface area contributed by atoms with Crippen LogP contribution in [0.15, 0.2) is 0 Å². The standard InChI is InChI=1S/C8H16N2O/c1-10-5-3-2-4-8(6-10)9-7-11/h7-8H,2-6H2,1H3,(H,9,11). The first-order chi connectivity index (χ1) is 5.33. The average molecular weight is 156 g/mol. The second kappa shape index (κ2) is 4.34. The largest absolute Gasteiger partial charge is 0.355 e. The normalized spacial score (nSPS) is 27.5. The Bertz CT molecular complexity index is 127. The Balaban J connectivity index is 2.32. The van der Waals surface area contributed by atoms with E-state index in [0.29, 0.717) is 6.04 Å². The molecule has 0 bridgehead atoms. The molecule has 0 aromatic carbocycles. The van der Waals surface area contributed by atoms with Crippen molar-refractivity contribution in [2.75, 3.05) is 20.1 Å². The van der Waals surface area contributed by atoms with Crippen LogP contribution < -0.4 is 5.32 Å². The molecule has 1 aliphatic rings. The summed E-state index contributed by atoms with van der Waals surface area (Å²) in [4.78, 5) is 12.4. The number of hydrogen-bond donors (Lipinski definition) is 1. The SMILES string of the molecule is CN1CCCCC(NC=O)C1. The second-order valence-electron chi connectivity index (χ2n) is 3.24. The Morgan fingerprint density at radius 1 is 1.55 bits per heavy atom. The summed E-state index contributed by atoms with van der Waals surface area (Å²) in [6.45, 7) is 2.16. The van der Waals surface area contributed by atoms with Crippen molar-refractivity contribution in [2.45, 2.75) is 25.3 Å². The lowest BCUT2D eigenvalue weighted by molar-refractivity contribution is -0.110. The van der Waals surface area contributed by atoms with Crippen LogP contribution in [0.25, 0.3) is 0 Å². The molecule has 0 aromatic heterocycles. The molecule has 1 unspecified atom stereocenters. The van der Waals surface area contributed by atoms with Gasteiger partial charge in [-0.2, -0.15) is 0 Å². The van der Waals surface area contributed by atoms with Crippen LogP contribution in [0.5, 0.6) is 0 Å². The Kier molecular flexibility index (Phi) is 3.36. The first-order valence-electron chi connectivity index (χ1n) is 4.21. The smallest absolute Gasteiger partial charge is 0.207 e. The van der Waals surface area contributed by atoms with Crippen molar-refractivity contribution in [1.29, 1.82) is 0 Å². The van der Waals surface area contributed by atoms with Crippen molar-refractivity contribution in [1.82, 2.24) is 10.2 Å². The lowest BCUT2D eigenvalue weighted by atomic mass is 10.1. The number of hydrogen-bond acceptors (Lipinski definition) is 2. The molecule has 1 heterocycles. The molecule has 1 N–H and O–H groups in total. The Hall–Kier alpha value is -0.570. The number of carbonyl (C=O) groups is 1. The second-order valence-corrected chi connectivity index (χ2v) is 3.24. The summed E-state index contributed by atoms with van der Waals surface area (Å²) in [5, 5.41) is 2.83. The van der Waals surface area contributed by atoms with E-state index >= 15 is 0 Å². The van der Waals surface area contributed by atoms with Gasteiger partial charge >= 0.3 is 0 Å². The number of likely N-dealkylation sites (tertiary alicyclic amines) is 1. The molecule has 0 radical (unpaired) electrons. The fraction of sp³-hybridized carbons (Fsp3) is 0.875. The van der Waals surface area contributed by atoms with Gasteiger partial charge in [-0.1, -0.05) is 6.42 Å². The fourth-order valence-corrected chi connectivity index (χ4v) is 1.56. The van der Waals surface area contributed by atoms with Crippen molar-refractivity contribution >= 4 is 6.41 Å². The van der Waals surface area contributed by atoms with E-state index in [2.05, 4.69) is 17.3 Å². The van der Waals surface area contributed by atoms with Crippen molar-refractivity contribution in [3.8, 4) is 0 Å². The molecule has 64 valence electrons. The predicted octanol–water partition coefficient (Wildman–Crippen LogP) is 0.217. The van der Waals surface area contributed by atoms with Crippen LogP contribution in [0.4, 0.5) is 0 Å². The fourth-order valence-electron chi connectivity index (χ4n) is 1.56. The van der Waals surface area contributed by atoms with Crippen molar-refractivity contribution in [2.24, 2.45) is 0 Å². The third-order valence-corrected chi connectivity index (χ3v) is 2.18. The molecule has 1 atom stereocenters. The highest BCUT2D eigenvalue weighted by Crippen LogP contribution is 2.08. The number of nitrogens with zero attached hydrogens (tertiary/aromatic N) is 1. The minimum atomic E-state index is 0.375. The van der Waals surface area contributed by atoms with E-state index in [9.17, 15) is 4.79 Å². The first kappa shape index (κ1) is 8.53. The Morgan fingerprint density at radius 2 is 2.36 bits per heavy atom. The van der Waals surface area contributed by atoms with Crippen LogP contribution in [0.2, 0.25) is 0 Å². The third kappa shape index (κ3) is 2.89. The van der Waals surface area contributed by atoms with Crippen molar-refractivity contribution in [3.63, 3.8) is 0 Å². The summed E-state index contributed by atoms with van der Waals surface area (Å²) in [6.07, 6.45) is 4.43. The monoisotopic (exact) mass is 156 g/mol. The molecule has 3 nitrogen and oxygen atoms in total. The van der Waals surface area contributed by atoms with Gasteiger partial charge in [0, 0.05) is 12.6 Å². The minimum absolute atomic E-state index is 0.375. The average Bonchev–Trinajstić information content (AvgIpc) is 2.15. The zero-order valence-corrected chi connectivity index (χ0v) is 7.05. The maximum atomic E-state index is 10.2. The molecule has 0 aromatic rings. The van der Waals surface area contributed by atoms with Gasteiger partial charge in [-0.05, 0) is 26.4 Å². The van der Waals surface area contributed by atoms with Gasteiger partial charge in [-0.3, -0.25) is 4.79 Å². The highest BCUT2D eigenvalue weighted by molar-refractivity contribution is 5.46. The van der Waals surface area contributed by atoms with E-state index in [0.717, 1.165) is 25.9 Å². The van der Waals surface area contributed by atoms with E-state index in [-0.39, 0.29) is 0 Å². The molecule has 1 amide bonds. The van der Waals surface area contributed by atoms with Gasteiger partial charge in [0.1, 0.15) is 0 Å². The van der Waals surface area contributed by atoms with E-state index in [1.54, 1.807) is 0 Å². The number of nitrogens with one attached hydrogen (secondary N) is 1. The van der Waals surface area contributed by atoms with Gasteiger partial charge in [0.05, 0.1) is 0 Å². The highest BCUT2D eigenvalue weighted by atomic mass is 16.1. The van der Waals surface area contributed by atoms with E-state index in [1.165, 1.54) is 12.8 Å². The number of amides is 1. The summed E-state index contributed by atoms with van der Waals surface area (Å²) >= 11 is 0. The van der Waals surface area contributed by atoms with E-state index in [1.807, 2.05) is 0 Å². The summed E-state index contributed by atoms with van der Waals surface area (Å²) < 4.78 is 0. The maximum Gasteiger partial charge on any atom is 0.207 e.